The quantitative estimate of drug-likeness (QED) is 0.866. The van der Waals surface area contributed by atoms with Gasteiger partial charge in [0.25, 0.3) is 5.91 Å². The van der Waals surface area contributed by atoms with E-state index < -0.39 is 0 Å². The number of aryl methyl sites for hydroxylation is 1. The van der Waals surface area contributed by atoms with Gasteiger partial charge in [0.15, 0.2) is 0 Å². The van der Waals surface area contributed by atoms with Crippen LogP contribution in [0.1, 0.15) is 42.3 Å². The molecule has 4 nitrogen and oxygen atoms in total. The number of morpholine rings is 1. The summed E-state index contributed by atoms with van der Waals surface area (Å²) in [5.74, 6) is 0.0984. The van der Waals surface area contributed by atoms with E-state index in [1.807, 2.05) is 17.9 Å². The SMILES string of the molecule is CC1=CC(C)(C)Nc2c(C(=O)N3CCOCC3)cc(C)cc21. The highest BCUT2D eigenvalue weighted by Gasteiger charge is 2.29. The van der Waals surface area contributed by atoms with Crippen molar-refractivity contribution in [3.05, 3.63) is 34.9 Å². The van der Waals surface area contributed by atoms with E-state index in [-0.39, 0.29) is 11.4 Å². The highest BCUT2D eigenvalue weighted by molar-refractivity contribution is 6.03. The summed E-state index contributed by atoms with van der Waals surface area (Å²) in [5.41, 5.74) is 5.07. The highest BCUT2D eigenvalue weighted by atomic mass is 16.5. The fraction of sp³-hybridized carbons (Fsp3) is 0.500. The first-order valence-corrected chi connectivity index (χ1v) is 7.87. The van der Waals surface area contributed by atoms with Crippen LogP contribution in [0.5, 0.6) is 0 Å². The predicted molar refractivity (Wildman–Crippen MR) is 89.3 cm³/mol. The number of carbonyl (C=O) groups excluding carboxylic acids is 1. The van der Waals surface area contributed by atoms with Crippen molar-refractivity contribution in [2.24, 2.45) is 0 Å². The third-order valence-corrected chi connectivity index (χ3v) is 4.26. The molecule has 2 heterocycles. The van der Waals surface area contributed by atoms with Gasteiger partial charge in [-0.1, -0.05) is 6.08 Å². The molecule has 0 bridgehead atoms. The van der Waals surface area contributed by atoms with Gasteiger partial charge in [0.2, 0.25) is 0 Å². The van der Waals surface area contributed by atoms with Crippen LogP contribution >= 0.6 is 0 Å². The zero-order valence-electron chi connectivity index (χ0n) is 13.8. The molecule has 2 aliphatic rings. The second-order valence-electron chi connectivity index (χ2n) is 6.81. The van der Waals surface area contributed by atoms with Crippen molar-refractivity contribution >= 4 is 17.2 Å². The van der Waals surface area contributed by atoms with E-state index in [4.69, 9.17) is 4.74 Å². The molecule has 1 aromatic carbocycles. The second-order valence-corrected chi connectivity index (χ2v) is 6.81. The largest absolute Gasteiger partial charge is 0.378 e. The number of hydrogen-bond donors (Lipinski definition) is 1. The molecule has 1 N–H and O–H groups in total. The Labute approximate surface area is 132 Å². The summed E-state index contributed by atoms with van der Waals surface area (Å²) in [6, 6.07) is 4.15. The minimum atomic E-state index is -0.146. The van der Waals surface area contributed by atoms with Gasteiger partial charge in [-0.15, -0.1) is 0 Å². The summed E-state index contributed by atoms with van der Waals surface area (Å²) in [7, 11) is 0. The number of allylic oxidation sites excluding steroid dienone is 1. The van der Waals surface area contributed by atoms with Gasteiger partial charge in [-0.05, 0) is 51.0 Å². The molecular formula is C18H24N2O2. The summed E-state index contributed by atoms with van der Waals surface area (Å²) in [6.07, 6.45) is 2.22. The molecule has 22 heavy (non-hydrogen) atoms. The molecule has 4 heteroatoms. The maximum absolute atomic E-state index is 13.0. The molecule has 1 aromatic rings. The van der Waals surface area contributed by atoms with Crippen LogP contribution in [0.3, 0.4) is 0 Å². The summed E-state index contributed by atoms with van der Waals surface area (Å²) in [4.78, 5) is 14.8. The number of carbonyl (C=O) groups is 1. The zero-order valence-corrected chi connectivity index (χ0v) is 13.8. The molecule has 1 fully saturated rings. The van der Waals surface area contributed by atoms with E-state index in [2.05, 4.69) is 38.2 Å². The molecule has 0 aromatic heterocycles. The van der Waals surface area contributed by atoms with Gasteiger partial charge in [0.05, 0.1) is 30.0 Å². The summed E-state index contributed by atoms with van der Waals surface area (Å²) in [6.45, 7) is 11.0. The molecule has 0 spiro atoms. The lowest BCUT2D eigenvalue weighted by molar-refractivity contribution is 0.0303. The molecule has 3 rings (SSSR count). The average molecular weight is 300 g/mol. The lowest BCUT2D eigenvalue weighted by Gasteiger charge is -2.34. The lowest BCUT2D eigenvalue weighted by Crippen LogP contribution is -2.41. The van der Waals surface area contributed by atoms with Gasteiger partial charge in [0, 0.05) is 18.7 Å². The topological polar surface area (TPSA) is 41.6 Å². The third kappa shape index (κ3) is 2.75. The van der Waals surface area contributed by atoms with Gasteiger partial charge in [-0.3, -0.25) is 4.79 Å². The smallest absolute Gasteiger partial charge is 0.256 e. The van der Waals surface area contributed by atoms with Crippen molar-refractivity contribution in [3.63, 3.8) is 0 Å². The van der Waals surface area contributed by atoms with E-state index in [0.29, 0.717) is 26.3 Å². The van der Waals surface area contributed by atoms with Crippen molar-refractivity contribution in [1.82, 2.24) is 4.90 Å². The first-order valence-electron chi connectivity index (χ1n) is 7.87. The molecule has 0 radical (unpaired) electrons. The molecular weight excluding hydrogens is 276 g/mol. The van der Waals surface area contributed by atoms with Gasteiger partial charge in [-0.25, -0.2) is 0 Å². The minimum Gasteiger partial charge on any atom is -0.378 e. The lowest BCUT2D eigenvalue weighted by atomic mass is 9.88. The number of nitrogens with zero attached hydrogens (tertiary/aromatic N) is 1. The molecule has 1 amide bonds. The van der Waals surface area contributed by atoms with Crippen molar-refractivity contribution in [2.45, 2.75) is 33.2 Å². The Balaban J connectivity index is 2.05. The molecule has 0 unspecified atom stereocenters. The molecule has 2 aliphatic heterocycles. The van der Waals surface area contributed by atoms with Crippen molar-refractivity contribution < 1.29 is 9.53 Å². The van der Waals surface area contributed by atoms with E-state index >= 15 is 0 Å². The maximum atomic E-state index is 13.0. The molecule has 0 aliphatic carbocycles. The van der Waals surface area contributed by atoms with Crippen LogP contribution in [-0.2, 0) is 4.74 Å². The molecule has 0 saturated carbocycles. The number of amides is 1. The standard InChI is InChI=1S/C18H24N2O2/c1-12-9-14-13(2)11-18(3,4)19-16(14)15(10-12)17(21)20-5-7-22-8-6-20/h9-11,19H,5-8H2,1-4H3. The monoisotopic (exact) mass is 300 g/mol. The molecule has 1 saturated heterocycles. The molecule has 118 valence electrons. The Hall–Kier alpha value is -1.81. The first kappa shape index (κ1) is 15.1. The highest BCUT2D eigenvalue weighted by Crippen LogP contribution is 2.37. The summed E-state index contributed by atoms with van der Waals surface area (Å²) < 4.78 is 5.35. The number of rotatable bonds is 1. The van der Waals surface area contributed by atoms with Crippen LogP contribution in [-0.4, -0.2) is 42.6 Å². The van der Waals surface area contributed by atoms with Gasteiger partial charge in [-0.2, -0.15) is 0 Å². The number of anilines is 1. The summed E-state index contributed by atoms with van der Waals surface area (Å²) in [5, 5.41) is 3.53. The van der Waals surface area contributed by atoms with Crippen LogP contribution in [0.25, 0.3) is 5.57 Å². The Kier molecular flexibility index (Phi) is 3.73. The predicted octanol–water partition coefficient (Wildman–Crippen LogP) is 3.07. The van der Waals surface area contributed by atoms with Crippen molar-refractivity contribution in [1.29, 1.82) is 0 Å². The fourth-order valence-electron chi connectivity index (χ4n) is 3.31. The Morgan fingerprint density at radius 2 is 1.91 bits per heavy atom. The fourth-order valence-corrected chi connectivity index (χ4v) is 3.31. The first-order chi connectivity index (χ1) is 10.4. The molecule has 0 atom stereocenters. The number of hydrogen-bond acceptors (Lipinski definition) is 3. The Morgan fingerprint density at radius 1 is 1.23 bits per heavy atom. The van der Waals surface area contributed by atoms with Crippen molar-refractivity contribution in [3.8, 4) is 0 Å². The van der Waals surface area contributed by atoms with Crippen LogP contribution in [0.2, 0.25) is 0 Å². The van der Waals surface area contributed by atoms with Gasteiger partial charge < -0.3 is 15.0 Å². The second kappa shape index (κ2) is 5.43. The number of fused-ring (bicyclic) bond motifs is 1. The van der Waals surface area contributed by atoms with Crippen molar-refractivity contribution in [2.75, 3.05) is 31.6 Å². The average Bonchev–Trinajstić information content (AvgIpc) is 2.47. The van der Waals surface area contributed by atoms with E-state index in [1.165, 1.54) is 5.57 Å². The van der Waals surface area contributed by atoms with Crippen LogP contribution < -0.4 is 5.32 Å². The van der Waals surface area contributed by atoms with E-state index in [1.54, 1.807) is 0 Å². The van der Waals surface area contributed by atoms with Crippen LogP contribution in [0.4, 0.5) is 5.69 Å². The normalized spacial score (nSPS) is 20.0. The van der Waals surface area contributed by atoms with Crippen LogP contribution in [0.15, 0.2) is 18.2 Å². The number of benzene rings is 1. The van der Waals surface area contributed by atoms with E-state index in [0.717, 1.165) is 22.4 Å². The number of ether oxygens (including phenoxy) is 1. The van der Waals surface area contributed by atoms with Crippen LogP contribution in [0, 0.1) is 6.92 Å². The minimum absolute atomic E-state index is 0.0984. The zero-order chi connectivity index (χ0) is 15.9. The maximum Gasteiger partial charge on any atom is 0.256 e. The van der Waals surface area contributed by atoms with E-state index in [9.17, 15) is 4.79 Å². The van der Waals surface area contributed by atoms with Gasteiger partial charge >= 0.3 is 0 Å². The Bertz CT molecular complexity index is 641. The third-order valence-electron chi connectivity index (χ3n) is 4.26. The summed E-state index contributed by atoms with van der Waals surface area (Å²) >= 11 is 0. The van der Waals surface area contributed by atoms with Gasteiger partial charge in [0.1, 0.15) is 0 Å². The number of nitrogens with one attached hydrogen (secondary N) is 1. The Morgan fingerprint density at radius 3 is 2.59 bits per heavy atom.